The normalized spacial score (nSPS) is 14.1. The molecule has 0 aliphatic heterocycles. The highest BCUT2D eigenvalue weighted by atomic mass is 35.5. The average Bonchev–Trinajstić information content (AvgIpc) is 2.42. The molecule has 2 aromatic carbocycles. The molecule has 0 unspecified atom stereocenters. The van der Waals surface area contributed by atoms with E-state index in [1.807, 2.05) is 43.3 Å². The van der Waals surface area contributed by atoms with Crippen LogP contribution in [0.1, 0.15) is 24.5 Å². The molecule has 0 aliphatic carbocycles. The van der Waals surface area contributed by atoms with E-state index in [2.05, 4.69) is 0 Å². The van der Waals surface area contributed by atoms with Crippen LogP contribution < -0.4 is 0 Å². The van der Waals surface area contributed by atoms with Crippen LogP contribution in [0.5, 0.6) is 0 Å². The molecule has 0 bridgehead atoms. The molecule has 1 N–H and O–H groups in total. The molecule has 2 rings (SSSR count). The molecule has 0 amide bonds. The fraction of sp³-hybridized carbons (Fsp3) is 0.250. The minimum Gasteiger partial charge on any atom is -0.385 e. The molecule has 0 radical (unpaired) electrons. The van der Waals surface area contributed by atoms with E-state index >= 15 is 0 Å². The standard InChI is InChI=1S/C16H16Cl2O/c1-2-16(19,13-5-9-15(18)10-6-13)11-12-3-7-14(17)8-4-12/h3-10,19H,2,11H2,1H3/t16-/m0/s1. The molecule has 2 aromatic rings. The lowest BCUT2D eigenvalue weighted by Gasteiger charge is -2.27. The van der Waals surface area contributed by atoms with Crippen LogP contribution >= 0.6 is 23.2 Å². The lowest BCUT2D eigenvalue weighted by atomic mass is 9.85. The number of halogens is 2. The van der Waals surface area contributed by atoms with Crippen molar-refractivity contribution in [1.82, 2.24) is 0 Å². The second kappa shape index (κ2) is 5.96. The third-order valence-electron chi connectivity index (χ3n) is 3.38. The number of hydrogen-bond donors (Lipinski definition) is 1. The van der Waals surface area contributed by atoms with E-state index in [-0.39, 0.29) is 0 Å². The quantitative estimate of drug-likeness (QED) is 0.856. The zero-order valence-corrected chi connectivity index (χ0v) is 12.2. The molecule has 0 fully saturated rings. The molecule has 0 heterocycles. The van der Waals surface area contributed by atoms with Gasteiger partial charge >= 0.3 is 0 Å². The lowest BCUT2D eigenvalue weighted by Crippen LogP contribution is -2.27. The minimum atomic E-state index is -0.877. The highest BCUT2D eigenvalue weighted by molar-refractivity contribution is 6.30. The number of aliphatic hydroxyl groups is 1. The summed E-state index contributed by atoms with van der Waals surface area (Å²) in [5.74, 6) is 0. The summed E-state index contributed by atoms with van der Waals surface area (Å²) in [6.45, 7) is 1.98. The summed E-state index contributed by atoms with van der Waals surface area (Å²) in [7, 11) is 0. The Hall–Kier alpha value is -1.02. The summed E-state index contributed by atoms with van der Waals surface area (Å²) in [4.78, 5) is 0. The summed E-state index contributed by atoms with van der Waals surface area (Å²) in [5, 5.41) is 12.2. The fourth-order valence-corrected chi connectivity index (χ4v) is 2.38. The molecule has 1 nitrogen and oxygen atoms in total. The van der Waals surface area contributed by atoms with Gasteiger partial charge in [0.25, 0.3) is 0 Å². The Morgan fingerprint density at radius 2 is 1.37 bits per heavy atom. The van der Waals surface area contributed by atoms with Crippen LogP contribution in [0.25, 0.3) is 0 Å². The maximum Gasteiger partial charge on any atom is 0.0934 e. The molecule has 0 saturated heterocycles. The van der Waals surface area contributed by atoms with Crippen molar-refractivity contribution in [2.75, 3.05) is 0 Å². The molecule has 3 heteroatoms. The van der Waals surface area contributed by atoms with Crippen LogP contribution in [0.4, 0.5) is 0 Å². The predicted octanol–water partition coefficient (Wildman–Crippen LogP) is 4.83. The van der Waals surface area contributed by atoms with Crippen molar-refractivity contribution < 1.29 is 5.11 Å². The van der Waals surface area contributed by atoms with Gasteiger partial charge in [-0.05, 0) is 41.8 Å². The Morgan fingerprint density at radius 3 is 1.84 bits per heavy atom. The first-order valence-corrected chi connectivity index (χ1v) is 7.02. The van der Waals surface area contributed by atoms with Gasteiger partial charge in [-0.1, -0.05) is 54.4 Å². The molecule has 0 aromatic heterocycles. The molecular formula is C16H16Cl2O. The molecule has 0 spiro atoms. The van der Waals surface area contributed by atoms with Crippen LogP contribution in [-0.2, 0) is 12.0 Å². The summed E-state index contributed by atoms with van der Waals surface area (Å²) < 4.78 is 0. The molecule has 0 saturated carbocycles. The molecule has 19 heavy (non-hydrogen) atoms. The van der Waals surface area contributed by atoms with Gasteiger partial charge in [-0.25, -0.2) is 0 Å². The maximum atomic E-state index is 10.8. The first-order valence-electron chi connectivity index (χ1n) is 6.26. The zero-order chi connectivity index (χ0) is 13.9. The van der Waals surface area contributed by atoms with Gasteiger partial charge in [0.1, 0.15) is 0 Å². The number of rotatable bonds is 4. The van der Waals surface area contributed by atoms with E-state index in [4.69, 9.17) is 23.2 Å². The summed E-state index contributed by atoms with van der Waals surface area (Å²) in [5.41, 5.74) is 1.07. The van der Waals surface area contributed by atoms with Gasteiger partial charge in [0.05, 0.1) is 5.60 Å². The SMILES string of the molecule is CC[C@](O)(Cc1ccc(Cl)cc1)c1ccc(Cl)cc1. The average molecular weight is 295 g/mol. The summed E-state index contributed by atoms with van der Waals surface area (Å²) >= 11 is 11.8. The topological polar surface area (TPSA) is 20.2 Å². The smallest absolute Gasteiger partial charge is 0.0934 e. The highest BCUT2D eigenvalue weighted by Crippen LogP contribution is 2.30. The molecule has 0 aliphatic rings. The van der Waals surface area contributed by atoms with Gasteiger partial charge in [-0.3, -0.25) is 0 Å². The van der Waals surface area contributed by atoms with Crippen LogP contribution in [0, 0.1) is 0 Å². The van der Waals surface area contributed by atoms with Crippen molar-refractivity contribution in [3.63, 3.8) is 0 Å². The Bertz CT molecular complexity index is 534. The lowest BCUT2D eigenvalue weighted by molar-refractivity contribution is 0.0327. The van der Waals surface area contributed by atoms with Crippen LogP contribution in [0.2, 0.25) is 10.0 Å². The van der Waals surface area contributed by atoms with E-state index in [0.29, 0.717) is 22.9 Å². The van der Waals surface area contributed by atoms with E-state index in [1.54, 1.807) is 12.1 Å². The molecule has 1 atom stereocenters. The Labute approximate surface area is 123 Å². The van der Waals surface area contributed by atoms with Gasteiger partial charge in [0.15, 0.2) is 0 Å². The Morgan fingerprint density at radius 1 is 0.895 bits per heavy atom. The van der Waals surface area contributed by atoms with Crippen molar-refractivity contribution >= 4 is 23.2 Å². The first-order chi connectivity index (χ1) is 9.03. The van der Waals surface area contributed by atoms with Gasteiger partial charge in [-0.15, -0.1) is 0 Å². The van der Waals surface area contributed by atoms with Gasteiger partial charge in [-0.2, -0.15) is 0 Å². The van der Waals surface area contributed by atoms with E-state index < -0.39 is 5.60 Å². The monoisotopic (exact) mass is 294 g/mol. The van der Waals surface area contributed by atoms with Crippen molar-refractivity contribution in [1.29, 1.82) is 0 Å². The van der Waals surface area contributed by atoms with E-state index in [1.165, 1.54) is 0 Å². The largest absolute Gasteiger partial charge is 0.385 e. The van der Waals surface area contributed by atoms with Crippen LogP contribution in [0.3, 0.4) is 0 Å². The Balaban J connectivity index is 2.27. The maximum absolute atomic E-state index is 10.8. The fourth-order valence-electron chi connectivity index (χ4n) is 2.13. The number of hydrogen-bond acceptors (Lipinski definition) is 1. The third kappa shape index (κ3) is 3.50. The van der Waals surface area contributed by atoms with Crippen molar-refractivity contribution in [3.8, 4) is 0 Å². The Kier molecular flexibility index (Phi) is 4.51. The van der Waals surface area contributed by atoms with Gasteiger partial charge in [0.2, 0.25) is 0 Å². The van der Waals surface area contributed by atoms with Gasteiger partial charge in [0, 0.05) is 16.5 Å². The molecular weight excluding hydrogens is 279 g/mol. The van der Waals surface area contributed by atoms with Crippen molar-refractivity contribution in [3.05, 3.63) is 69.7 Å². The van der Waals surface area contributed by atoms with E-state index in [0.717, 1.165) is 11.1 Å². The number of benzene rings is 2. The minimum absolute atomic E-state index is 0.558. The summed E-state index contributed by atoms with van der Waals surface area (Å²) in [6.07, 6.45) is 1.19. The predicted molar refractivity (Wildman–Crippen MR) is 80.8 cm³/mol. The second-order valence-corrected chi connectivity index (χ2v) is 5.57. The van der Waals surface area contributed by atoms with Crippen LogP contribution in [-0.4, -0.2) is 5.11 Å². The second-order valence-electron chi connectivity index (χ2n) is 4.70. The van der Waals surface area contributed by atoms with Crippen molar-refractivity contribution in [2.24, 2.45) is 0 Å². The third-order valence-corrected chi connectivity index (χ3v) is 3.88. The first kappa shape index (κ1) is 14.4. The zero-order valence-electron chi connectivity index (χ0n) is 10.7. The highest BCUT2D eigenvalue weighted by Gasteiger charge is 2.27. The van der Waals surface area contributed by atoms with E-state index in [9.17, 15) is 5.11 Å². The van der Waals surface area contributed by atoms with Gasteiger partial charge < -0.3 is 5.11 Å². The van der Waals surface area contributed by atoms with Crippen LogP contribution in [0.15, 0.2) is 48.5 Å². The van der Waals surface area contributed by atoms with Crippen molar-refractivity contribution in [2.45, 2.75) is 25.4 Å². The molecule has 100 valence electrons. The summed E-state index contributed by atoms with van der Waals surface area (Å²) in [6, 6.07) is 14.9.